The molecule has 3 heterocycles. The number of nitrogens with zero attached hydrogens (tertiary/aromatic N) is 1. The normalized spacial score (nSPS) is 14.6. The van der Waals surface area contributed by atoms with Gasteiger partial charge in [-0.2, -0.15) is 0 Å². The first-order chi connectivity index (χ1) is 17.8. The Morgan fingerprint density at radius 1 is 0.639 bits per heavy atom. The molecule has 1 N–H and O–H groups in total. The highest BCUT2D eigenvalue weighted by atomic mass is 32.1. The molecular weight excluding hydrogens is 456 g/mol. The fourth-order valence-electron chi connectivity index (χ4n) is 5.51. The lowest BCUT2D eigenvalue weighted by atomic mass is 9.95. The quantitative estimate of drug-likeness (QED) is 0.291. The van der Waals surface area contributed by atoms with E-state index in [0.29, 0.717) is 0 Å². The number of nitrogens with one attached hydrogen (secondary N) is 1. The van der Waals surface area contributed by atoms with Crippen molar-refractivity contribution in [1.82, 2.24) is 0 Å². The number of benzene rings is 4. The van der Waals surface area contributed by atoms with Crippen LogP contribution in [-0.2, 0) is 25.7 Å². The van der Waals surface area contributed by atoms with Gasteiger partial charge in [0.05, 0.1) is 11.0 Å². The molecule has 4 aromatic carbocycles. The van der Waals surface area contributed by atoms with Gasteiger partial charge in [0.2, 0.25) is 0 Å². The molecule has 0 radical (unpaired) electrons. The second-order valence-corrected chi connectivity index (χ2v) is 10.5. The Hall–Kier alpha value is -3.95. The average molecular weight is 483 g/mol. The number of anilines is 2. The van der Waals surface area contributed by atoms with E-state index in [2.05, 4.69) is 108 Å². The first-order valence-electron chi connectivity index (χ1n) is 12.6. The smallest absolute Gasteiger partial charge is 0.0669 e. The van der Waals surface area contributed by atoms with Gasteiger partial charge < -0.3 is 5.32 Å². The van der Waals surface area contributed by atoms with E-state index in [9.17, 15) is 0 Å². The fourth-order valence-corrected chi connectivity index (χ4v) is 6.32. The molecule has 1 aromatic heterocycles. The zero-order chi connectivity index (χ0) is 23.9. The van der Waals surface area contributed by atoms with E-state index in [4.69, 9.17) is 4.99 Å². The number of para-hydroxylation sites is 2. The van der Waals surface area contributed by atoms with E-state index in [-0.39, 0.29) is 0 Å². The summed E-state index contributed by atoms with van der Waals surface area (Å²) in [6.07, 6.45) is 4.12. The number of hydrogen-bond donors (Lipinski definition) is 1. The van der Waals surface area contributed by atoms with Crippen LogP contribution in [0.25, 0.3) is 5.57 Å². The number of aryl methyl sites for hydroxylation is 4. The summed E-state index contributed by atoms with van der Waals surface area (Å²) >= 11 is 1.81. The SMILES string of the molecule is c1csc(C(c2ccc3c(c2)CCc2ccccc2N3)=c2ccc3c(c2)CCc2ccccc2N=3)c1. The van der Waals surface area contributed by atoms with Gasteiger partial charge in [0.1, 0.15) is 0 Å². The Morgan fingerprint density at radius 2 is 1.42 bits per heavy atom. The lowest BCUT2D eigenvalue weighted by Gasteiger charge is -2.13. The standard InChI is InChI=1S/C33H26N2S/c1-3-8-28-22(6-1)11-13-24-20-26(15-17-30(24)34-28)33(32-10-5-19-36-32)27-16-18-31-25(21-27)14-12-23-7-2-4-9-29(23)35-31/h1-10,15-21,34H,11-14H2. The zero-order valence-corrected chi connectivity index (χ0v) is 20.8. The van der Waals surface area contributed by atoms with Crippen LogP contribution in [0.5, 0.6) is 0 Å². The predicted molar refractivity (Wildman–Crippen MR) is 150 cm³/mol. The molecule has 0 aliphatic carbocycles. The molecule has 7 rings (SSSR count). The molecule has 2 aliphatic heterocycles. The molecular formula is C33H26N2S. The summed E-state index contributed by atoms with van der Waals surface area (Å²) in [5.74, 6) is 0. The van der Waals surface area contributed by atoms with E-state index >= 15 is 0 Å². The minimum atomic E-state index is 1.01. The van der Waals surface area contributed by atoms with Gasteiger partial charge in [-0.1, -0.05) is 54.6 Å². The summed E-state index contributed by atoms with van der Waals surface area (Å²) in [5, 5.41) is 8.22. The van der Waals surface area contributed by atoms with Gasteiger partial charge in [0.15, 0.2) is 0 Å². The summed E-state index contributed by atoms with van der Waals surface area (Å²) in [6.45, 7) is 0. The Bertz CT molecular complexity index is 1710. The monoisotopic (exact) mass is 482 g/mol. The zero-order valence-electron chi connectivity index (χ0n) is 20.0. The third-order valence-corrected chi connectivity index (χ3v) is 8.26. The molecule has 2 nitrogen and oxygen atoms in total. The molecule has 3 heteroatoms. The Labute approximate surface area is 215 Å². The van der Waals surface area contributed by atoms with Gasteiger partial charge in [-0.15, -0.1) is 11.3 Å². The third-order valence-electron chi connectivity index (χ3n) is 7.38. The maximum absolute atomic E-state index is 5.01. The number of hydrogen-bond acceptors (Lipinski definition) is 3. The maximum Gasteiger partial charge on any atom is 0.0669 e. The van der Waals surface area contributed by atoms with E-state index in [1.165, 1.54) is 54.9 Å². The van der Waals surface area contributed by atoms with E-state index < -0.39 is 0 Å². The fraction of sp³-hybridized carbons (Fsp3) is 0.121. The van der Waals surface area contributed by atoms with Crippen LogP contribution >= 0.6 is 11.3 Å². The van der Waals surface area contributed by atoms with Crippen LogP contribution in [0.4, 0.5) is 17.1 Å². The first kappa shape index (κ1) is 21.3. The van der Waals surface area contributed by atoms with Gasteiger partial charge in [0.25, 0.3) is 0 Å². The Morgan fingerprint density at radius 3 is 2.33 bits per heavy atom. The summed E-state index contributed by atoms with van der Waals surface area (Å²) in [4.78, 5) is 6.31. The molecule has 0 unspecified atom stereocenters. The van der Waals surface area contributed by atoms with Gasteiger partial charge in [-0.05, 0) is 107 Å². The minimum absolute atomic E-state index is 1.01. The van der Waals surface area contributed by atoms with Crippen molar-refractivity contribution in [3.63, 3.8) is 0 Å². The van der Waals surface area contributed by atoms with Crippen molar-refractivity contribution in [2.24, 2.45) is 4.99 Å². The topological polar surface area (TPSA) is 24.4 Å². The van der Waals surface area contributed by atoms with Crippen LogP contribution in [0.1, 0.15) is 32.7 Å². The van der Waals surface area contributed by atoms with Crippen molar-refractivity contribution in [3.8, 4) is 0 Å². The van der Waals surface area contributed by atoms with E-state index in [0.717, 1.165) is 36.7 Å². The van der Waals surface area contributed by atoms with E-state index in [1.807, 2.05) is 11.3 Å². The summed E-state index contributed by atoms with van der Waals surface area (Å²) in [7, 11) is 0. The second kappa shape index (κ2) is 8.92. The number of rotatable bonds is 2. The molecule has 0 bridgehead atoms. The summed E-state index contributed by atoms with van der Waals surface area (Å²) in [5.41, 5.74) is 11.5. The lowest BCUT2D eigenvalue weighted by molar-refractivity contribution is 0.962. The summed E-state index contributed by atoms with van der Waals surface area (Å²) in [6, 6.07) is 35.4. The second-order valence-electron chi connectivity index (χ2n) is 9.59. The molecule has 0 saturated heterocycles. The molecule has 0 amide bonds. The van der Waals surface area contributed by atoms with Crippen LogP contribution in [0.15, 0.2) is 107 Å². The molecule has 36 heavy (non-hydrogen) atoms. The van der Waals surface area contributed by atoms with Crippen molar-refractivity contribution < 1.29 is 0 Å². The molecule has 0 fully saturated rings. The van der Waals surface area contributed by atoms with Crippen molar-refractivity contribution in [1.29, 1.82) is 0 Å². The molecule has 174 valence electrons. The Balaban J connectivity index is 1.37. The van der Waals surface area contributed by atoms with Crippen LogP contribution in [0.3, 0.4) is 0 Å². The average Bonchev–Trinajstić information content (AvgIpc) is 3.28. The van der Waals surface area contributed by atoms with Crippen LogP contribution in [-0.4, -0.2) is 0 Å². The van der Waals surface area contributed by atoms with Crippen LogP contribution in [0, 0.1) is 0 Å². The van der Waals surface area contributed by atoms with Crippen LogP contribution in [0.2, 0.25) is 0 Å². The van der Waals surface area contributed by atoms with Crippen LogP contribution < -0.4 is 15.9 Å². The van der Waals surface area contributed by atoms with Crippen molar-refractivity contribution in [2.75, 3.05) is 5.32 Å². The van der Waals surface area contributed by atoms with Crippen molar-refractivity contribution >= 4 is 34.0 Å². The highest BCUT2D eigenvalue weighted by molar-refractivity contribution is 7.11. The number of fused-ring (bicyclic) bond motifs is 4. The van der Waals surface area contributed by atoms with Crippen molar-refractivity contribution in [2.45, 2.75) is 25.7 Å². The summed E-state index contributed by atoms with van der Waals surface area (Å²) < 4.78 is 0. The molecule has 5 aromatic rings. The first-order valence-corrected chi connectivity index (χ1v) is 13.5. The van der Waals surface area contributed by atoms with Gasteiger partial charge >= 0.3 is 0 Å². The lowest BCUT2D eigenvalue weighted by Crippen LogP contribution is -2.17. The molecule has 0 spiro atoms. The molecule has 0 saturated carbocycles. The predicted octanol–water partition coefficient (Wildman–Crippen LogP) is 6.89. The van der Waals surface area contributed by atoms with Gasteiger partial charge in [0, 0.05) is 21.8 Å². The molecule has 0 atom stereocenters. The highest BCUT2D eigenvalue weighted by Crippen LogP contribution is 2.33. The molecule has 2 aliphatic rings. The van der Waals surface area contributed by atoms with Gasteiger partial charge in [-0.25, -0.2) is 4.99 Å². The third kappa shape index (κ3) is 3.86. The minimum Gasteiger partial charge on any atom is -0.355 e. The maximum atomic E-state index is 5.01. The Kier molecular flexibility index (Phi) is 5.29. The number of thiophene rings is 1. The van der Waals surface area contributed by atoms with Crippen molar-refractivity contribution in [3.05, 3.63) is 146 Å². The largest absolute Gasteiger partial charge is 0.355 e. The van der Waals surface area contributed by atoms with Gasteiger partial charge in [-0.3, -0.25) is 0 Å². The van der Waals surface area contributed by atoms with E-state index in [1.54, 1.807) is 0 Å². The highest BCUT2D eigenvalue weighted by Gasteiger charge is 2.16.